The summed E-state index contributed by atoms with van der Waals surface area (Å²) in [5, 5.41) is 1.13. The minimum Gasteiger partial charge on any atom is -0.489 e. The van der Waals surface area contributed by atoms with Gasteiger partial charge >= 0.3 is 0 Å². The van der Waals surface area contributed by atoms with E-state index in [1.165, 1.54) is 0 Å². The van der Waals surface area contributed by atoms with Crippen molar-refractivity contribution in [2.45, 2.75) is 26.0 Å². The smallest absolute Gasteiger partial charge is 0.156 e. The van der Waals surface area contributed by atoms with Crippen molar-refractivity contribution in [1.29, 1.82) is 0 Å². The molecule has 0 spiro atoms. The monoisotopic (exact) mass is 415 g/mol. The molecule has 0 radical (unpaired) electrons. The number of para-hydroxylation sites is 1. The zero-order valence-electron chi connectivity index (χ0n) is 16.4. The molecule has 0 aromatic heterocycles. The van der Waals surface area contributed by atoms with Crippen LogP contribution in [0.15, 0.2) is 18.2 Å². The fraction of sp³-hybridized carbons (Fsp3) is 0.700. The van der Waals surface area contributed by atoms with E-state index in [1.807, 2.05) is 6.07 Å². The predicted octanol–water partition coefficient (Wildman–Crippen LogP) is 3.10. The van der Waals surface area contributed by atoms with E-state index < -0.39 is 0 Å². The molecule has 2 fully saturated rings. The number of halogens is 2. The van der Waals surface area contributed by atoms with Gasteiger partial charge in [-0.05, 0) is 26.0 Å². The lowest BCUT2D eigenvalue weighted by molar-refractivity contribution is -0.0565. The second-order valence-electron chi connectivity index (χ2n) is 7.62. The summed E-state index contributed by atoms with van der Waals surface area (Å²) in [4.78, 5) is 7.47. The molecule has 1 unspecified atom stereocenters. The number of piperazine rings is 1. The van der Waals surface area contributed by atoms with Crippen molar-refractivity contribution in [1.82, 2.24) is 14.7 Å². The third-order valence-corrected chi connectivity index (χ3v) is 6.00. The van der Waals surface area contributed by atoms with Crippen LogP contribution in [-0.4, -0.2) is 92.4 Å². The Morgan fingerprint density at radius 1 is 1.07 bits per heavy atom. The summed E-state index contributed by atoms with van der Waals surface area (Å²) in [5.74, 6) is 0.587. The third-order valence-electron chi connectivity index (χ3n) is 5.40. The van der Waals surface area contributed by atoms with Gasteiger partial charge in [-0.3, -0.25) is 14.7 Å². The van der Waals surface area contributed by atoms with Crippen molar-refractivity contribution < 1.29 is 9.47 Å². The fourth-order valence-electron chi connectivity index (χ4n) is 3.70. The molecule has 7 heteroatoms. The summed E-state index contributed by atoms with van der Waals surface area (Å²) >= 11 is 12.3. The van der Waals surface area contributed by atoms with Crippen molar-refractivity contribution in [2.24, 2.45) is 0 Å². The van der Waals surface area contributed by atoms with Gasteiger partial charge in [-0.2, -0.15) is 0 Å². The number of hydrogen-bond donors (Lipinski definition) is 0. The molecule has 1 atom stereocenters. The number of hydrogen-bond acceptors (Lipinski definition) is 5. The molecule has 2 heterocycles. The third kappa shape index (κ3) is 6.21. The first kappa shape index (κ1) is 21.2. The molecule has 0 aliphatic carbocycles. The van der Waals surface area contributed by atoms with Crippen molar-refractivity contribution in [3.63, 3.8) is 0 Å². The summed E-state index contributed by atoms with van der Waals surface area (Å²) in [6.07, 6.45) is 0.332. The van der Waals surface area contributed by atoms with Crippen molar-refractivity contribution in [3.05, 3.63) is 28.2 Å². The molecular formula is C20H31Cl2N3O2. The molecule has 27 heavy (non-hydrogen) atoms. The Bertz CT molecular complexity index is 574. The van der Waals surface area contributed by atoms with E-state index in [1.54, 1.807) is 12.1 Å². The Hall–Kier alpha value is -0.560. The van der Waals surface area contributed by atoms with Gasteiger partial charge in [0.25, 0.3) is 0 Å². The number of nitrogens with zero attached hydrogens (tertiary/aromatic N) is 3. The highest BCUT2D eigenvalue weighted by molar-refractivity contribution is 6.37. The molecule has 152 valence electrons. The van der Waals surface area contributed by atoms with Gasteiger partial charge in [0.15, 0.2) is 5.75 Å². The predicted molar refractivity (Wildman–Crippen MR) is 111 cm³/mol. The van der Waals surface area contributed by atoms with Crippen molar-refractivity contribution >= 4 is 23.2 Å². The summed E-state index contributed by atoms with van der Waals surface area (Å²) in [7, 11) is 0. The molecule has 0 N–H and O–H groups in total. The summed E-state index contributed by atoms with van der Waals surface area (Å²) in [6, 6.07) is 6.03. The van der Waals surface area contributed by atoms with Crippen molar-refractivity contribution in [3.8, 4) is 5.75 Å². The van der Waals surface area contributed by atoms with Gasteiger partial charge < -0.3 is 9.47 Å². The molecule has 1 aromatic rings. The minimum absolute atomic E-state index is 0.332. The average Bonchev–Trinajstić information content (AvgIpc) is 2.66. The highest BCUT2D eigenvalue weighted by atomic mass is 35.5. The molecule has 2 saturated heterocycles. The quantitative estimate of drug-likeness (QED) is 0.681. The zero-order chi connectivity index (χ0) is 19.2. The highest BCUT2D eigenvalue weighted by Gasteiger charge is 2.26. The second-order valence-corrected chi connectivity index (χ2v) is 8.44. The van der Waals surface area contributed by atoms with Gasteiger partial charge in [-0.1, -0.05) is 29.3 Å². The lowest BCUT2D eigenvalue weighted by atomic mass is 10.2. The first-order chi connectivity index (χ1) is 13.0. The molecule has 3 rings (SSSR count). The Labute approximate surface area is 173 Å². The molecule has 5 nitrogen and oxygen atoms in total. The van der Waals surface area contributed by atoms with Gasteiger partial charge in [-0.15, -0.1) is 0 Å². The van der Waals surface area contributed by atoms with E-state index >= 15 is 0 Å². The van der Waals surface area contributed by atoms with Crippen LogP contribution in [-0.2, 0) is 4.74 Å². The Balaban J connectivity index is 1.35. The molecule has 0 bridgehead atoms. The Morgan fingerprint density at radius 3 is 2.41 bits per heavy atom. The highest BCUT2D eigenvalue weighted by Crippen LogP contribution is 2.32. The molecular weight excluding hydrogens is 385 g/mol. The molecule has 2 aliphatic rings. The fourth-order valence-corrected chi connectivity index (χ4v) is 4.21. The lowest BCUT2D eigenvalue weighted by Gasteiger charge is -2.40. The van der Waals surface area contributed by atoms with E-state index in [0.29, 0.717) is 34.5 Å². The maximum Gasteiger partial charge on any atom is 0.156 e. The minimum atomic E-state index is 0.332. The SMILES string of the molecule is CC(C)N1CCOC(CN2CCN(CCOc3c(Cl)cccc3Cl)CC2)C1. The lowest BCUT2D eigenvalue weighted by Crippen LogP contribution is -2.53. The maximum atomic E-state index is 6.15. The topological polar surface area (TPSA) is 28.2 Å². The zero-order valence-corrected chi connectivity index (χ0v) is 17.9. The Kier molecular flexibility index (Phi) is 8.06. The van der Waals surface area contributed by atoms with Crippen LogP contribution in [0, 0.1) is 0 Å². The van der Waals surface area contributed by atoms with E-state index in [9.17, 15) is 0 Å². The van der Waals surface area contributed by atoms with Crippen LogP contribution in [0.3, 0.4) is 0 Å². The van der Waals surface area contributed by atoms with Crippen molar-refractivity contribution in [2.75, 3.05) is 65.6 Å². The first-order valence-corrected chi connectivity index (χ1v) is 10.7. The van der Waals surface area contributed by atoms with Gasteiger partial charge in [-0.25, -0.2) is 0 Å². The molecule has 1 aromatic carbocycles. The molecule has 2 aliphatic heterocycles. The number of morpholine rings is 1. The van der Waals surface area contributed by atoms with Gasteiger partial charge in [0.2, 0.25) is 0 Å². The van der Waals surface area contributed by atoms with Crippen LogP contribution >= 0.6 is 23.2 Å². The van der Waals surface area contributed by atoms with Crippen LogP contribution in [0.1, 0.15) is 13.8 Å². The number of rotatable bonds is 7. The van der Waals surface area contributed by atoms with Crippen LogP contribution in [0.25, 0.3) is 0 Å². The van der Waals surface area contributed by atoms with E-state index in [0.717, 1.165) is 59.0 Å². The summed E-state index contributed by atoms with van der Waals surface area (Å²) < 4.78 is 11.8. The summed E-state index contributed by atoms with van der Waals surface area (Å²) in [6.45, 7) is 14.3. The van der Waals surface area contributed by atoms with Crippen LogP contribution in [0.4, 0.5) is 0 Å². The van der Waals surface area contributed by atoms with E-state index in [-0.39, 0.29) is 0 Å². The van der Waals surface area contributed by atoms with Crippen LogP contribution < -0.4 is 4.74 Å². The maximum absolute atomic E-state index is 6.15. The Morgan fingerprint density at radius 2 is 1.74 bits per heavy atom. The molecule has 0 saturated carbocycles. The standard InChI is InChI=1S/C20H31Cl2N3O2/c1-16(2)25-11-13-26-17(15-25)14-24-8-6-23(7-9-24)10-12-27-20-18(21)4-3-5-19(20)22/h3-5,16-17H,6-15H2,1-2H3. The average molecular weight is 416 g/mol. The van der Waals surface area contributed by atoms with Crippen LogP contribution in [0.2, 0.25) is 10.0 Å². The summed E-state index contributed by atoms with van der Waals surface area (Å²) in [5.41, 5.74) is 0. The van der Waals surface area contributed by atoms with Gasteiger partial charge in [0.05, 0.1) is 22.8 Å². The first-order valence-electron chi connectivity index (χ1n) is 9.90. The van der Waals surface area contributed by atoms with E-state index in [2.05, 4.69) is 28.5 Å². The van der Waals surface area contributed by atoms with Crippen LogP contribution in [0.5, 0.6) is 5.75 Å². The largest absolute Gasteiger partial charge is 0.489 e. The number of benzene rings is 1. The molecule has 0 amide bonds. The number of ether oxygens (including phenoxy) is 2. The van der Waals surface area contributed by atoms with E-state index in [4.69, 9.17) is 32.7 Å². The second kappa shape index (κ2) is 10.3. The van der Waals surface area contributed by atoms with Gasteiger partial charge in [0.1, 0.15) is 6.61 Å². The normalized spacial score (nSPS) is 23.1. The van der Waals surface area contributed by atoms with Gasteiger partial charge in [0, 0.05) is 58.4 Å².